The Hall–Kier alpha value is -2.09. The molecule has 26 heavy (non-hydrogen) atoms. The van der Waals surface area contributed by atoms with E-state index in [4.69, 9.17) is 23.2 Å². The third-order valence-corrected chi connectivity index (χ3v) is 4.85. The molecule has 3 nitrogen and oxygen atoms in total. The molecular weight excluding hydrogens is 406 g/mol. The molecule has 0 radical (unpaired) electrons. The summed E-state index contributed by atoms with van der Waals surface area (Å²) in [4.78, 5) is 4.37. The monoisotopic (exact) mass is 415 g/mol. The molecule has 2 aromatic carbocycles. The summed E-state index contributed by atoms with van der Waals surface area (Å²) >= 11 is 12.7. The minimum absolute atomic E-state index is 0.166. The predicted molar refractivity (Wildman–Crippen MR) is 100 cm³/mol. The van der Waals surface area contributed by atoms with Crippen molar-refractivity contribution in [3.05, 3.63) is 69.0 Å². The molecule has 9 heteroatoms. The molecule has 0 atom stereocenters. The third-order valence-electron chi connectivity index (χ3n) is 3.30. The van der Waals surface area contributed by atoms with E-state index in [0.29, 0.717) is 5.13 Å². The maximum atomic E-state index is 12.9. The van der Waals surface area contributed by atoms with Crippen LogP contribution in [0.3, 0.4) is 0 Å². The van der Waals surface area contributed by atoms with Crippen molar-refractivity contribution in [2.24, 2.45) is 5.10 Å². The van der Waals surface area contributed by atoms with Crippen LogP contribution in [-0.4, -0.2) is 11.2 Å². The number of benzene rings is 2. The van der Waals surface area contributed by atoms with Gasteiger partial charge in [0.25, 0.3) is 0 Å². The van der Waals surface area contributed by atoms with Gasteiger partial charge in [0.2, 0.25) is 5.13 Å². The van der Waals surface area contributed by atoms with Gasteiger partial charge in [-0.1, -0.05) is 53.5 Å². The Morgan fingerprint density at radius 2 is 1.85 bits per heavy atom. The van der Waals surface area contributed by atoms with Gasteiger partial charge in [-0.3, -0.25) is 5.43 Å². The number of anilines is 1. The zero-order valence-corrected chi connectivity index (χ0v) is 15.2. The molecule has 1 N–H and O–H groups in total. The number of aromatic nitrogens is 1. The van der Waals surface area contributed by atoms with Crippen LogP contribution in [0.5, 0.6) is 0 Å². The van der Waals surface area contributed by atoms with Crippen LogP contribution >= 0.6 is 34.5 Å². The highest BCUT2D eigenvalue weighted by Gasteiger charge is 2.34. The summed E-state index contributed by atoms with van der Waals surface area (Å²) in [5, 5.41) is 5.56. The highest BCUT2D eigenvalue weighted by molar-refractivity contribution is 7.14. The standard InChI is InChI=1S/C17H10Cl2F3N3S/c18-13-7-10(6-12(15(13)19)17(20,21)22)8-23-25-16-24-14(9-26-16)11-4-2-1-3-5-11/h1-9H,(H,24,25). The lowest BCUT2D eigenvalue weighted by Gasteiger charge is -2.10. The quantitative estimate of drug-likeness (QED) is 0.385. The Morgan fingerprint density at radius 1 is 1.12 bits per heavy atom. The maximum absolute atomic E-state index is 12.9. The average molecular weight is 416 g/mol. The number of hydrazone groups is 1. The normalized spacial score (nSPS) is 11.9. The summed E-state index contributed by atoms with van der Waals surface area (Å²) in [5.41, 5.74) is 3.59. The molecule has 0 amide bonds. The van der Waals surface area contributed by atoms with Crippen molar-refractivity contribution in [3.63, 3.8) is 0 Å². The molecule has 0 aliphatic rings. The molecule has 3 rings (SSSR count). The minimum atomic E-state index is -4.60. The van der Waals surface area contributed by atoms with Crippen molar-refractivity contribution in [2.75, 3.05) is 5.43 Å². The molecule has 1 aromatic heterocycles. The number of hydrogen-bond acceptors (Lipinski definition) is 4. The van der Waals surface area contributed by atoms with Crippen LogP contribution in [0.25, 0.3) is 11.3 Å². The van der Waals surface area contributed by atoms with Crippen molar-refractivity contribution >= 4 is 45.9 Å². The van der Waals surface area contributed by atoms with E-state index >= 15 is 0 Å². The maximum Gasteiger partial charge on any atom is 0.417 e. The van der Waals surface area contributed by atoms with Gasteiger partial charge >= 0.3 is 6.18 Å². The summed E-state index contributed by atoms with van der Waals surface area (Å²) in [6, 6.07) is 11.8. The minimum Gasteiger partial charge on any atom is -0.253 e. The van der Waals surface area contributed by atoms with E-state index in [1.54, 1.807) is 0 Å². The van der Waals surface area contributed by atoms with Gasteiger partial charge in [0.15, 0.2) is 0 Å². The number of alkyl halides is 3. The SMILES string of the molecule is FC(F)(F)c1cc(C=NNc2nc(-c3ccccc3)cs2)cc(Cl)c1Cl. The smallest absolute Gasteiger partial charge is 0.253 e. The predicted octanol–water partition coefficient (Wildman–Crippen LogP) is 6.58. The topological polar surface area (TPSA) is 37.3 Å². The number of halogens is 5. The second-order valence-electron chi connectivity index (χ2n) is 5.14. The van der Waals surface area contributed by atoms with Gasteiger partial charge in [0, 0.05) is 10.9 Å². The zero-order valence-electron chi connectivity index (χ0n) is 12.9. The fourth-order valence-corrected chi connectivity index (χ4v) is 3.23. The van der Waals surface area contributed by atoms with Gasteiger partial charge < -0.3 is 0 Å². The van der Waals surface area contributed by atoms with Crippen molar-refractivity contribution in [2.45, 2.75) is 6.18 Å². The van der Waals surface area contributed by atoms with Gasteiger partial charge in [-0.25, -0.2) is 4.98 Å². The Bertz CT molecular complexity index is 940. The molecule has 3 aromatic rings. The fourth-order valence-electron chi connectivity index (χ4n) is 2.12. The summed E-state index contributed by atoms with van der Waals surface area (Å²) in [5.74, 6) is 0. The van der Waals surface area contributed by atoms with Crippen LogP contribution in [0.2, 0.25) is 10.0 Å². The first kappa shape index (κ1) is 18.7. The van der Waals surface area contributed by atoms with Crippen molar-refractivity contribution < 1.29 is 13.2 Å². The Balaban J connectivity index is 1.75. The second-order valence-corrected chi connectivity index (χ2v) is 6.78. The Kier molecular flexibility index (Phi) is 5.50. The highest BCUT2D eigenvalue weighted by Crippen LogP contribution is 2.38. The molecule has 1 heterocycles. The van der Waals surface area contributed by atoms with Gasteiger partial charge in [-0.05, 0) is 17.7 Å². The van der Waals surface area contributed by atoms with Gasteiger partial charge in [-0.2, -0.15) is 18.3 Å². The summed E-state index contributed by atoms with van der Waals surface area (Å²) in [6.45, 7) is 0. The molecule has 0 fully saturated rings. The number of thiazole rings is 1. The number of nitrogens with zero attached hydrogens (tertiary/aromatic N) is 2. The van der Waals surface area contributed by atoms with E-state index in [-0.39, 0.29) is 10.6 Å². The molecule has 0 bridgehead atoms. The lowest BCUT2D eigenvalue weighted by molar-refractivity contribution is -0.137. The molecular formula is C17H10Cl2F3N3S. The molecule has 0 saturated carbocycles. The van der Waals surface area contributed by atoms with E-state index in [1.807, 2.05) is 35.7 Å². The van der Waals surface area contributed by atoms with Crippen molar-refractivity contribution in [1.82, 2.24) is 4.98 Å². The highest BCUT2D eigenvalue weighted by atomic mass is 35.5. The first-order valence-electron chi connectivity index (χ1n) is 7.21. The van der Waals surface area contributed by atoms with Crippen molar-refractivity contribution in [1.29, 1.82) is 0 Å². The van der Waals surface area contributed by atoms with Crippen LogP contribution in [-0.2, 0) is 6.18 Å². The summed E-state index contributed by atoms with van der Waals surface area (Å²) in [7, 11) is 0. The zero-order chi connectivity index (χ0) is 18.7. The summed E-state index contributed by atoms with van der Waals surface area (Å²) in [6.07, 6.45) is -3.38. The van der Waals surface area contributed by atoms with Crippen LogP contribution in [0.15, 0.2) is 52.9 Å². The molecule has 0 aliphatic carbocycles. The Labute approximate surface area is 161 Å². The third kappa shape index (κ3) is 4.35. The lowest BCUT2D eigenvalue weighted by Crippen LogP contribution is -2.07. The average Bonchev–Trinajstić information content (AvgIpc) is 3.06. The first-order chi connectivity index (χ1) is 12.3. The molecule has 0 unspecified atom stereocenters. The van der Waals surface area contributed by atoms with Gasteiger partial charge in [0.05, 0.1) is 27.5 Å². The van der Waals surface area contributed by atoms with E-state index < -0.39 is 16.8 Å². The second kappa shape index (κ2) is 7.65. The largest absolute Gasteiger partial charge is 0.417 e. The van der Waals surface area contributed by atoms with Crippen LogP contribution in [0.4, 0.5) is 18.3 Å². The van der Waals surface area contributed by atoms with Gasteiger partial charge in [0.1, 0.15) is 0 Å². The van der Waals surface area contributed by atoms with Crippen molar-refractivity contribution in [3.8, 4) is 11.3 Å². The van der Waals surface area contributed by atoms with Crippen LogP contribution in [0.1, 0.15) is 11.1 Å². The van der Waals surface area contributed by atoms with E-state index in [2.05, 4.69) is 15.5 Å². The molecule has 0 saturated heterocycles. The number of hydrogen-bond donors (Lipinski definition) is 1. The number of nitrogens with one attached hydrogen (secondary N) is 1. The van der Waals surface area contributed by atoms with Crippen LogP contribution < -0.4 is 5.43 Å². The Morgan fingerprint density at radius 3 is 2.54 bits per heavy atom. The van der Waals surface area contributed by atoms with Gasteiger partial charge in [-0.15, -0.1) is 11.3 Å². The first-order valence-corrected chi connectivity index (χ1v) is 8.84. The number of rotatable bonds is 4. The van der Waals surface area contributed by atoms with E-state index in [9.17, 15) is 13.2 Å². The molecule has 134 valence electrons. The van der Waals surface area contributed by atoms with E-state index in [0.717, 1.165) is 17.3 Å². The summed E-state index contributed by atoms with van der Waals surface area (Å²) < 4.78 is 38.8. The molecule has 0 aliphatic heterocycles. The fraction of sp³-hybridized carbons (Fsp3) is 0.0588. The molecule has 0 spiro atoms. The van der Waals surface area contributed by atoms with Crippen LogP contribution in [0, 0.1) is 0 Å². The van der Waals surface area contributed by atoms with E-state index in [1.165, 1.54) is 23.6 Å². The lowest BCUT2D eigenvalue weighted by atomic mass is 10.1.